The molecule has 0 fully saturated rings. The van der Waals surface area contributed by atoms with Gasteiger partial charge in [-0.05, 0) is 109 Å². The molecule has 0 radical (unpaired) electrons. The second kappa shape index (κ2) is 10.9. The lowest BCUT2D eigenvalue weighted by Gasteiger charge is -2.13. The Hall–Kier alpha value is -7.15. The molecule has 0 saturated heterocycles. The molecule has 11 aromatic rings. The summed E-state index contributed by atoms with van der Waals surface area (Å²) in [6, 6.07) is 63.3. The van der Waals surface area contributed by atoms with Crippen LogP contribution < -0.4 is 0 Å². The summed E-state index contributed by atoms with van der Waals surface area (Å²) in [4.78, 5) is 3.82. The second-order valence-electron chi connectivity index (χ2n) is 13.6. The predicted octanol–water partition coefficient (Wildman–Crippen LogP) is 13.6. The Morgan fingerprint density at radius 1 is 0.308 bits per heavy atom. The highest BCUT2D eigenvalue weighted by Crippen LogP contribution is 2.40. The summed E-state index contributed by atoms with van der Waals surface area (Å²) in [6.45, 7) is 7.82. The molecule has 11 rings (SSSR count). The van der Waals surface area contributed by atoms with Gasteiger partial charge in [-0.2, -0.15) is 0 Å². The second-order valence-corrected chi connectivity index (χ2v) is 13.6. The molecule has 0 bridgehead atoms. The Morgan fingerprint density at radius 3 is 1.42 bits per heavy atom. The Bertz CT molecular complexity index is 3230. The molecule has 2 aromatic heterocycles. The summed E-state index contributed by atoms with van der Waals surface area (Å²) in [5.41, 5.74) is 9.70. The molecule has 240 valence electrons. The van der Waals surface area contributed by atoms with E-state index < -0.39 is 0 Å². The van der Waals surface area contributed by atoms with Crippen molar-refractivity contribution in [2.75, 3.05) is 0 Å². The summed E-state index contributed by atoms with van der Waals surface area (Å²) >= 11 is 0. The summed E-state index contributed by atoms with van der Waals surface area (Å²) in [5.74, 6) is 0. The van der Waals surface area contributed by atoms with E-state index in [1.54, 1.807) is 0 Å². The van der Waals surface area contributed by atoms with E-state index in [-0.39, 0.29) is 0 Å². The van der Waals surface area contributed by atoms with Gasteiger partial charge in [-0.15, -0.1) is 0 Å². The Balaban J connectivity index is 1.12. The maximum atomic E-state index is 7.82. The molecule has 0 N–H and O–H groups in total. The molecule has 0 aliphatic rings. The number of aromatic nitrogens is 2. The van der Waals surface area contributed by atoms with E-state index in [9.17, 15) is 0 Å². The number of rotatable bonds is 3. The largest absolute Gasteiger partial charge is 0.309 e. The number of hydrogen-bond acceptors (Lipinski definition) is 0. The first-order valence-electron chi connectivity index (χ1n) is 17.6. The first kappa shape index (κ1) is 28.7. The van der Waals surface area contributed by atoms with Gasteiger partial charge in [-0.25, -0.2) is 4.85 Å². The fourth-order valence-corrected chi connectivity index (χ4v) is 8.60. The van der Waals surface area contributed by atoms with Crippen molar-refractivity contribution in [2.45, 2.75) is 0 Å². The lowest BCUT2D eigenvalue weighted by atomic mass is 9.92. The fourth-order valence-electron chi connectivity index (χ4n) is 8.60. The van der Waals surface area contributed by atoms with Crippen LogP contribution in [0.5, 0.6) is 0 Å². The van der Waals surface area contributed by atoms with Gasteiger partial charge >= 0.3 is 0 Å². The molecule has 0 atom stereocenters. The topological polar surface area (TPSA) is 14.2 Å². The predicted molar refractivity (Wildman–Crippen MR) is 219 cm³/mol. The zero-order valence-corrected chi connectivity index (χ0v) is 28.1. The van der Waals surface area contributed by atoms with E-state index >= 15 is 0 Å². The van der Waals surface area contributed by atoms with Gasteiger partial charge in [0.25, 0.3) is 0 Å². The number of fused-ring (bicyclic) bond motifs is 12. The van der Waals surface area contributed by atoms with Gasteiger partial charge in [0.1, 0.15) is 0 Å². The van der Waals surface area contributed by atoms with Gasteiger partial charge in [-0.1, -0.05) is 115 Å². The van der Waals surface area contributed by atoms with Gasteiger partial charge in [0.15, 0.2) is 5.69 Å². The van der Waals surface area contributed by atoms with Gasteiger partial charge in [-0.3, -0.25) is 0 Å². The molecule has 3 nitrogen and oxygen atoms in total. The number of para-hydroxylation sites is 2. The van der Waals surface area contributed by atoms with Crippen LogP contribution in [-0.2, 0) is 0 Å². The van der Waals surface area contributed by atoms with E-state index in [1.165, 1.54) is 59.7 Å². The molecule has 0 aliphatic heterocycles. The highest BCUT2D eigenvalue weighted by atomic mass is 15.0. The molecule has 52 heavy (non-hydrogen) atoms. The van der Waals surface area contributed by atoms with Crippen molar-refractivity contribution in [3.8, 4) is 22.5 Å². The lowest BCUT2D eigenvalue weighted by molar-refractivity contribution is 1.17. The van der Waals surface area contributed by atoms with Crippen LogP contribution in [0, 0.1) is 6.57 Å². The van der Waals surface area contributed by atoms with Crippen molar-refractivity contribution in [1.29, 1.82) is 0 Å². The fraction of sp³-hybridized carbons (Fsp3) is 0. The van der Waals surface area contributed by atoms with Crippen LogP contribution in [0.2, 0.25) is 0 Å². The lowest BCUT2D eigenvalue weighted by Crippen LogP contribution is -1.96. The van der Waals surface area contributed by atoms with E-state index in [0.29, 0.717) is 5.69 Å². The van der Waals surface area contributed by atoms with Crippen LogP contribution in [0.25, 0.3) is 103 Å². The molecule has 2 heterocycles. The van der Waals surface area contributed by atoms with Crippen LogP contribution in [0.15, 0.2) is 176 Å². The Kier molecular flexibility index (Phi) is 6.02. The number of hydrogen-bond donors (Lipinski definition) is 0. The summed E-state index contributed by atoms with van der Waals surface area (Å²) in [6.07, 6.45) is 0. The normalized spacial score (nSPS) is 11.8. The van der Waals surface area contributed by atoms with E-state index in [4.69, 9.17) is 6.57 Å². The third-order valence-corrected chi connectivity index (χ3v) is 10.9. The minimum atomic E-state index is 0.637. The number of nitrogens with zero attached hydrogens (tertiary/aromatic N) is 3. The average Bonchev–Trinajstić information content (AvgIpc) is 3.73. The zero-order chi connectivity index (χ0) is 34.3. The highest BCUT2D eigenvalue weighted by Gasteiger charge is 2.17. The summed E-state index contributed by atoms with van der Waals surface area (Å²) < 4.78 is 4.71. The first-order chi connectivity index (χ1) is 25.7. The molecule has 3 heteroatoms. The third-order valence-electron chi connectivity index (χ3n) is 10.9. The van der Waals surface area contributed by atoms with E-state index in [1.807, 2.05) is 12.1 Å². The minimum absolute atomic E-state index is 0.637. The molecule has 9 aromatic carbocycles. The monoisotopic (exact) mass is 659 g/mol. The van der Waals surface area contributed by atoms with Gasteiger partial charge < -0.3 is 9.13 Å². The molecule has 0 spiro atoms. The van der Waals surface area contributed by atoms with Gasteiger partial charge in [0.2, 0.25) is 0 Å². The smallest absolute Gasteiger partial charge is 0.188 e. The maximum Gasteiger partial charge on any atom is 0.188 e. The van der Waals surface area contributed by atoms with Gasteiger partial charge in [0.05, 0.1) is 28.6 Å². The van der Waals surface area contributed by atoms with Crippen LogP contribution in [0.4, 0.5) is 5.69 Å². The van der Waals surface area contributed by atoms with Crippen molar-refractivity contribution < 1.29 is 0 Å². The summed E-state index contributed by atoms with van der Waals surface area (Å²) in [7, 11) is 0. The average molecular weight is 660 g/mol. The number of benzene rings is 9. The van der Waals surface area contributed by atoms with Crippen LogP contribution in [-0.4, -0.2) is 9.13 Å². The van der Waals surface area contributed by atoms with E-state index in [0.717, 1.165) is 38.7 Å². The van der Waals surface area contributed by atoms with Crippen molar-refractivity contribution in [3.63, 3.8) is 0 Å². The molecule has 0 saturated carbocycles. The zero-order valence-electron chi connectivity index (χ0n) is 28.1. The minimum Gasteiger partial charge on any atom is -0.309 e. The molecule has 0 aliphatic carbocycles. The van der Waals surface area contributed by atoms with Crippen LogP contribution in [0.1, 0.15) is 0 Å². The molecular formula is C49H29N3. The van der Waals surface area contributed by atoms with Crippen LogP contribution >= 0.6 is 0 Å². The van der Waals surface area contributed by atoms with Crippen LogP contribution in [0.3, 0.4) is 0 Å². The van der Waals surface area contributed by atoms with Crippen molar-refractivity contribution in [3.05, 3.63) is 187 Å². The first-order valence-corrected chi connectivity index (χ1v) is 17.6. The molecule has 0 unspecified atom stereocenters. The third kappa shape index (κ3) is 4.07. The van der Waals surface area contributed by atoms with E-state index in [2.05, 4.69) is 178 Å². The SMILES string of the molecule is [C-]#[N+]c1ccc2c(c1)c1cc(-n3c4ccccc4c4ccccc43)ccc1n2-c1cccc(-c2ccc3c4ccccc4c4ccccc4c3c2)c1. The molecule has 0 amide bonds. The van der Waals surface area contributed by atoms with Crippen molar-refractivity contribution in [2.24, 2.45) is 0 Å². The van der Waals surface area contributed by atoms with Crippen molar-refractivity contribution in [1.82, 2.24) is 9.13 Å². The maximum absolute atomic E-state index is 7.82. The van der Waals surface area contributed by atoms with Crippen molar-refractivity contribution >= 4 is 81.6 Å². The summed E-state index contributed by atoms with van der Waals surface area (Å²) in [5, 5.41) is 12.3. The standard InChI is InChI=1S/C49H29N3/c1-50-33-22-25-48-44(29-33)45-30-35(52-46-19-8-6-17-41(46)42-18-7-9-20-47(42)52)23-26-49(45)51(48)34-12-10-11-31(27-34)32-21-24-40-38-15-3-2-13-36(38)37-14-4-5-16-39(37)43(40)28-32/h2-30H. The quantitative estimate of drug-likeness (QED) is 0.132. The van der Waals surface area contributed by atoms with Gasteiger partial charge in [0, 0.05) is 27.5 Å². The highest BCUT2D eigenvalue weighted by molar-refractivity contribution is 6.25. The molecular weight excluding hydrogens is 631 g/mol. The Labute approximate surface area is 299 Å². The Morgan fingerprint density at radius 2 is 0.788 bits per heavy atom.